The third kappa shape index (κ3) is 4.84. The molecule has 1 atom stereocenters. The van der Waals surface area contributed by atoms with Crippen LogP contribution in [-0.2, 0) is 9.53 Å². The Morgan fingerprint density at radius 1 is 1.13 bits per heavy atom. The predicted octanol–water partition coefficient (Wildman–Crippen LogP) is 4.01. The van der Waals surface area contributed by atoms with Gasteiger partial charge in [0.05, 0.1) is 39.8 Å². The Balaban J connectivity index is 1.69. The third-order valence-electron chi connectivity index (χ3n) is 6.57. The van der Waals surface area contributed by atoms with E-state index >= 15 is 0 Å². The van der Waals surface area contributed by atoms with E-state index in [1.165, 1.54) is 11.3 Å². The first kappa shape index (κ1) is 26.6. The van der Waals surface area contributed by atoms with Crippen molar-refractivity contribution in [3.05, 3.63) is 108 Å². The molecule has 10 heteroatoms. The molecule has 0 N–H and O–H groups in total. The van der Waals surface area contributed by atoms with Gasteiger partial charge in [0, 0.05) is 25.3 Å². The number of carbonyl (C=O) groups is 1. The second-order valence-electron chi connectivity index (χ2n) is 9.33. The normalized spacial score (nSPS) is 15.2. The average molecular weight is 562 g/mol. The predicted molar refractivity (Wildman–Crippen MR) is 154 cm³/mol. The second kappa shape index (κ2) is 10.7. The highest BCUT2D eigenvalue weighted by Crippen LogP contribution is 2.32. The van der Waals surface area contributed by atoms with Gasteiger partial charge in [-0.25, -0.2) is 14.5 Å². The van der Waals surface area contributed by atoms with E-state index in [-0.39, 0.29) is 12.2 Å². The highest BCUT2D eigenvalue weighted by molar-refractivity contribution is 7.07. The zero-order valence-electron chi connectivity index (χ0n) is 22.3. The minimum absolute atomic E-state index is 0.218. The Labute approximate surface area is 234 Å². The molecule has 0 unspecified atom stereocenters. The van der Waals surface area contributed by atoms with Crippen LogP contribution in [0.15, 0.2) is 75.7 Å². The number of benzene rings is 2. The van der Waals surface area contributed by atoms with Gasteiger partial charge in [0.25, 0.3) is 5.56 Å². The summed E-state index contributed by atoms with van der Waals surface area (Å²) in [5.74, 6) is -0.488. The van der Waals surface area contributed by atoms with Crippen LogP contribution in [0, 0.1) is 6.92 Å². The van der Waals surface area contributed by atoms with Crippen molar-refractivity contribution in [3.63, 3.8) is 0 Å². The molecule has 1 aliphatic rings. The molecule has 39 heavy (non-hydrogen) atoms. The molecule has 0 aliphatic carbocycles. The van der Waals surface area contributed by atoms with Crippen LogP contribution in [-0.4, -0.2) is 41.0 Å². The van der Waals surface area contributed by atoms with Gasteiger partial charge in [-0.1, -0.05) is 53.3 Å². The number of thiazole rings is 1. The topological polar surface area (TPSA) is 81.7 Å². The number of hydrogen-bond donors (Lipinski definition) is 0. The average Bonchev–Trinajstić information content (AvgIpc) is 3.38. The van der Waals surface area contributed by atoms with E-state index in [4.69, 9.17) is 16.3 Å². The van der Waals surface area contributed by atoms with Crippen molar-refractivity contribution in [3.8, 4) is 5.69 Å². The molecular formula is C29H28ClN5O3S. The zero-order valence-corrected chi connectivity index (χ0v) is 23.9. The van der Waals surface area contributed by atoms with Gasteiger partial charge in [0.15, 0.2) is 4.80 Å². The first-order valence-corrected chi connectivity index (χ1v) is 13.7. The summed E-state index contributed by atoms with van der Waals surface area (Å²) in [5, 5.41) is 5.00. The Bertz CT molecular complexity index is 1770. The molecule has 0 bridgehead atoms. The molecule has 0 radical (unpaired) electrons. The maximum absolute atomic E-state index is 13.9. The van der Waals surface area contributed by atoms with Crippen LogP contribution in [0.3, 0.4) is 0 Å². The maximum atomic E-state index is 13.9. The van der Waals surface area contributed by atoms with Crippen molar-refractivity contribution < 1.29 is 9.53 Å². The van der Waals surface area contributed by atoms with E-state index < -0.39 is 12.0 Å². The van der Waals surface area contributed by atoms with Crippen molar-refractivity contribution in [2.24, 2.45) is 4.99 Å². The Kier molecular flexibility index (Phi) is 7.29. The summed E-state index contributed by atoms with van der Waals surface area (Å²) in [5.41, 5.74) is 4.56. The van der Waals surface area contributed by atoms with Gasteiger partial charge < -0.3 is 9.64 Å². The quantitative estimate of drug-likeness (QED) is 0.332. The van der Waals surface area contributed by atoms with Crippen LogP contribution >= 0.6 is 22.9 Å². The van der Waals surface area contributed by atoms with Crippen LogP contribution in [0.25, 0.3) is 11.8 Å². The SMILES string of the molecule is CCOC(=O)C1=C(C)N=c2s/c(=C/c3c(C)nn(-c4ccccc4)c3Cl)c(=O)n2[C@H]1c1ccc(N(C)C)cc1. The monoisotopic (exact) mass is 561 g/mol. The summed E-state index contributed by atoms with van der Waals surface area (Å²) in [6.45, 7) is 5.60. The van der Waals surface area contributed by atoms with Crippen molar-refractivity contribution >= 4 is 40.7 Å². The number of nitrogens with zero attached hydrogens (tertiary/aromatic N) is 5. The fraction of sp³-hybridized carbons (Fsp3) is 0.241. The maximum Gasteiger partial charge on any atom is 0.338 e. The fourth-order valence-corrected chi connectivity index (χ4v) is 5.96. The zero-order chi connectivity index (χ0) is 27.8. The third-order valence-corrected chi connectivity index (χ3v) is 7.91. The van der Waals surface area contributed by atoms with Crippen molar-refractivity contribution in [1.29, 1.82) is 0 Å². The fourth-order valence-electron chi connectivity index (χ4n) is 4.61. The van der Waals surface area contributed by atoms with Crippen LogP contribution in [0.1, 0.15) is 36.7 Å². The van der Waals surface area contributed by atoms with Gasteiger partial charge in [-0.3, -0.25) is 9.36 Å². The lowest BCUT2D eigenvalue weighted by atomic mass is 9.95. The minimum atomic E-state index is -0.678. The highest BCUT2D eigenvalue weighted by atomic mass is 35.5. The minimum Gasteiger partial charge on any atom is -0.463 e. The first-order chi connectivity index (χ1) is 18.7. The van der Waals surface area contributed by atoms with Gasteiger partial charge >= 0.3 is 5.97 Å². The number of allylic oxidation sites excluding steroid dienone is 1. The molecule has 0 saturated heterocycles. The molecule has 0 amide bonds. The molecule has 0 spiro atoms. The Morgan fingerprint density at radius 3 is 2.46 bits per heavy atom. The molecule has 200 valence electrons. The van der Waals surface area contributed by atoms with Gasteiger partial charge in [-0.05, 0) is 56.7 Å². The van der Waals surface area contributed by atoms with Crippen molar-refractivity contribution in [2.45, 2.75) is 26.8 Å². The molecule has 1 aliphatic heterocycles. The Morgan fingerprint density at radius 2 is 1.82 bits per heavy atom. The number of ether oxygens (including phenoxy) is 1. The molecule has 2 aromatic carbocycles. The molecule has 2 aromatic heterocycles. The summed E-state index contributed by atoms with van der Waals surface area (Å²) in [6, 6.07) is 16.7. The molecule has 4 aromatic rings. The lowest BCUT2D eigenvalue weighted by Gasteiger charge is -2.25. The summed E-state index contributed by atoms with van der Waals surface area (Å²) >= 11 is 8.00. The van der Waals surface area contributed by atoms with Crippen LogP contribution in [0.4, 0.5) is 5.69 Å². The smallest absolute Gasteiger partial charge is 0.338 e. The largest absolute Gasteiger partial charge is 0.463 e. The standard InChI is InChI=1S/C29H28ClN5O3S/c1-6-38-28(37)24-18(3)31-29-34(25(24)19-12-14-20(15-13-19)33(4)5)27(36)23(39-29)16-22-17(2)32-35(26(22)30)21-10-8-7-9-11-21/h7-16,25H,6H2,1-5H3/b23-16+/t25-/m0/s1. The number of rotatable bonds is 6. The van der Waals surface area contributed by atoms with E-state index in [9.17, 15) is 9.59 Å². The summed E-state index contributed by atoms with van der Waals surface area (Å²) in [6.07, 6.45) is 1.75. The molecule has 3 heterocycles. The lowest BCUT2D eigenvalue weighted by molar-refractivity contribution is -0.139. The van der Waals surface area contributed by atoms with Gasteiger partial charge in [0.1, 0.15) is 5.15 Å². The number of halogens is 1. The molecule has 0 fully saturated rings. The van der Waals surface area contributed by atoms with E-state index in [0.717, 1.165) is 16.9 Å². The summed E-state index contributed by atoms with van der Waals surface area (Å²) in [7, 11) is 3.92. The summed E-state index contributed by atoms with van der Waals surface area (Å²) in [4.78, 5) is 34.2. The molecular weight excluding hydrogens is 534 g/mol. The van der Waals surface area contributed by atoms with Gasteiger partial charge in [-0.2, -0.15) is 5.10 Å². The van der Waals surface area contributed by atoms with E-state index in [1.54, 1.807) is 29.2 Å². The second-order valence-corrected chi connectivity index (χ2v) is 10.7. The van der Waals surface area contributed by atoms with Gasteiger partial charge in [0.2, 0.25) is 0 Å². The lowest BCUT2D eigenvalue weighted by Crippen LogP contribution is -2.40. The van der Waals surface area contributed by atoms with Crippen molar-refractivity contribution in [2.75, 3.05) is 25.6 Å². The van der Waals surface area contributed by atoms with Crippen LogP contribution in [0.5, 0.6) is 0 Å². The summed E-state index contributed by atoms with van der Waals surface area (Å²) < 4.78 is 9.05. The number of para-hydroxylation sites is 1. The Hall–Kier alpha value is -3.95. The molecule has 5 rings (SSSR count). The number of anilines is 1. The number of aryl methyl sites for hydroxylation is 1. The van der Waals surface area contributed by atoms with Crippen LogP contribution < -0.4 is 19.8 Å². The first-order valence-electron chi connectivity index (χ1n) is 12.5. The van der Waals surface area contributed by atoms with Crippen LogP contribution in [0.2, 0.25) is 5.15 Å². The highest BCUT2D eigenvalue weighted by Gasteiger charge is 2.33. The van der Waals surface area contributed by atoms with E-state index in [2.05, 4.69) is 10.1 Å². The molecule has 8 nitrogen and oxygen atoms in total. The number of fused-ring (bicyclic) bond motifs is 1. The number of esters is 1. The molecule has 0 saturated carbocycles. The van der Waals surface area contributed by atoms with Crippen molar-refractivity contribution in [1.82, 2.24) is 14.3 Å². The van der Waals surface area contributed by atoms with E-state index in [0.29, 0.717) is 37.0 Å². The van der Waals surface area contributed by atoms with E-state index in [1.807, 2.05) is 80.5 Å². The number of carbonyl (C=O) groups excluding carboxylic acids is 1. The number of hydrogen-bond acceptors (Lipinski definition) is 7. The number of aromatic nitrogens is 3. The van der Waals surface area contributed by atoms with Gasteiger partial charge in [-0.15, -0.1) is 0 Å².